The maximum absolute atomic E-state index is 4.64. The highest BCUT2D eigenvalue weighted by Crippen LogP contribution is 2.18. The highest BCUT2D eigenvalue weighted by atomic mass is 15.1. The van der Waals surface area contributed by atoms with Gasteiger partial charge in [-0.3, -0.25) is 0 Å². The fraction of sp³-hybridized carbons (Fsp3) is 0.750. The Bertz CT molecular complexity index is 341. The molecule has 0 aromatic carbocycles. The molecule has 1 aromatic rings. The lowest BCUT2D eigenvalue weighted by atomic mass is 10.1. The molecular formula is C12H21N3. The van der Waals surface area contributed by atoms with E-state index in [0.717, 1.165) is 32.0 Å². The van der Waals surface area contributed by atoms with E-state index in [1.165, 1.54) is 23.6 Å². The minimum absolute atomic E-state index is 0.747. The first-order valence-corrected chi connectivity index (χ1v) is 5.98. The fourth-order valence-electron chi connectivity index (χ4n) is 2.19. The lowest BCUT2D eigenvalue weighted by molar-refractivity contribution is 0.448. The molecular weight excluding hydrogens is 186 g/mol. The average molecular weight is 207 g/mol. The van der Waals surface area contributed by atoms with Crippen LogP contribution in [0.2, 0.25) is 0 Å². The van der Waals surface area contributed by atoms with Crippen molar-refractivity contribution >= 4 is 0 Å². The molecule has 1 unspecified atom stereocenters. The third-order valence-electron chi connectivity index (χ3n) is 3.37. The summed E-state index contributed by atoms with van der Waals surface area (Å²) < 4.78 is 2.42. The van der Waals surface area contributed by atoms with E-state index in [0.29, 0.717) is 0 Å². The summed E-state index contributed by atoms with van der Waals surface area (Å²) in [5.74, 6) is 1.93. The maximum Gasteiger partial charge on any atom is 0.106 e. The molecule has 0 saturated carbocycles. The predicted octanol–water partition coefficient (Wildman–Crippen LogP) is 1.88. The van der Waals surface area contributed by atoms with Crippen molar-refractivity contribution in [3.8, 4) is 0 Å². The number of aromatic nitrogens is 2. The Morgan fingerprint density at radius 1 is 1.53 bits per heavy atom. The molecule has 84 valence electrons. The number of aryl methyl sites for hydroxylation is 1. The summed E-state index contributed by atoms with van der Waals surface area (Å²) in [4.78, 5) is 4.64. The van der Waals surface area contributed by atoms with Crippen LogP contribution in [0.15, 0.2) is 0 Å². The van der Waals surface area contributed by atoms with Gasteiger partial charge in [0, 0.05) is 31.7 Å². The summed E-state index contributed by atoms with van der Waals surface area (Å²) >= 11 is 0. The van der Waals surface area contributed by atoms with Crippen LogP contribution in [0, 0.1) is 12.8 Å². The Morgan fingerprint density at radius 2 is 2.33 bits per heavy atom. The van der Waals surface area contributed by atoms with Crippen molar-refractivity contribution in [1.29, 1.82) is 0 Å². The first kappa shape index (κ1) is 10.7. The van der Waals surface area contributed by atoms with Gasteiger partial charge in [-0.05, 0) is 12.8 Å². The van der Waals surface area contributed by atoms with Crippen molar-refractivity contribution in [3.63, 3.8) is 0 Å². The van der Waals surface area contributed by atoms with Gasteiger partial charge in [-0.2, -0.15) is 0 Å². The van der Waals surface area contributed by atoms with Crippen molar-refractivity contribution < 1.29 is 0 Å². The van der Waals surface area contributed by atoms with Crippen molar-refractivity contribution in [3.05, 3.63) is 17.2 Å². The molecule has 0 spiro atoms. The van der Waals surface area contributed by atoms with Gasteiger partial charge in [0.15, 0.2) is 0 Å². The van der Waals surface area contributed by atoms with Gasteiger partial charge in [-0.25, -0.2) is 4.98 Å². The minimum atomic E-state index is 0.747. The minimum Gasteiger partial charge on any atom is -0.332 e. The number of nitrogens with one attached hydrogen (secondary N) is 1. The molecule has 2 rings (SSSR count). The molecule has 0 radical (unpaired) electrons. The monoisotopic (exact) mass is 207 g/mol. The van der Waals surface area contributed by atoms with E-state index in [1.54, 1.807) is 0 Å². The first-order valence-electron chi connectivity index (χ1n) is 5.98. The zero-order valence-corrected chi connectivity index (χ0v) is 10.0. The van der Waals surface area contributed by atoms with Gasteiger partial charge in [0.2, 0.25) is 0 Å². The molecule has 0 aliphatic carbocycles. The molecule has 1 aliphatic heterocycles. The van der Waals surface area contributed by atoms with Crippen LogP contribution in [0.1, 0.15) is 37.5 Å². The van der Waals surface area contributed by atoms with Gasteiger partial charge >= 0.3 is 0 Å². The SMILES string of the molecule is CCC(C)Cn1c(C)nc2c1CCNC2. The Hall–Kier alpha value is -0.830. The van der Waals surface area contributed by atoms with Crippen LogP contribution in [0.3, 0.4) is 0 Å². The molecule has 0 amide bonds. The number of hydrogen-bond donors (Lipinski definition) is 1. The highest BCUT2D eigenvalue weighted by Gasteiger charge is 2.18. The highest BCUT2D eigenvalue weighted by molar-refractivity contribution is 5.19. The molecule has 0 fully saturated rings. The largest absolute Gasteiger partial charge is 0.332 e. The lowest BCUT2D eigenvalue weighted by Crippen LogP contribution is -2.25. The smallest absolute Gasteiger partial charge is 0.106 e. The van der Waals surface area contributed by atoms with Crippen LogP contribution in [0.5, 0.6) is 0 Å². The van der Waals surface area contributed by atoms with E-state index < -0.39 is 0 Å². The molecule has 1 aromatic heterocycles. The van der Waals surface area contributed by atoms with Gasteiger partial charge in [0.1, 0.15) is 5.82 Å². The number of imidazole rings is 1. The van der Waals surface area contributed by atoms with Crippen molar-refractivity contribution in [2.45, 2.75) is 46.7 Å². The first-order chi connectivity index (χ1) is 7.22. The Balaban J connectivity index is 2.25. The Morgan fingerprint density at radius 3 is 3.07 bits per heavy atom. The summed E-state index contributed by atoms with van der Waals surface area (Å²) in [6.07, 6.45) is 2.37. The summed E-state index contributed by atoms with van der Waals surface area (Å²) in [5, 5.41) is 3.37. The molecule has 1 N–H and O–H groups in total. The van der Waals surface area contributed by atoms with Crippen molar-refractivity contribution in [2.75, 3.05) is 6.54 Å². The van der Waals surface area contributed by atoms with E-state index in [2.05, 4.69) is 35.6 Å². The van der Waals surface area contributed by atoms with Crippen LogP contribution in [-0.4, -0.2) is 16.1 Å². The normalized spacial score (nSPS) is 17.5. The van der Waals surface area contributed by atoms with E-state index in [4.69, 9.17) is 0 Å². The molecule has 3 heteroatoms. The van der Waals surface area contributed by atoms with Crippen LogP contribution in [0.4, 0.5) is 0 Å². The van der Waals surface area contributed by atoms with Crippen molar-refractivity contribution in [2.24, 2.45) is 5.92 Å². The van der Waals surface area contributed by atoms with Crippen LogP contribution in [-0.2, 0) is 19.5 Å². The van der Waals surface area contributed by atoms with Gasteiger partial charge < -0.3 is 9.88 Å². The van der Waals surface area contributed by atoms with Crippen LogP contribution in [0.25, 0.3) is 0 Å². The second-order valence-corrected chi connectivity index (χ2v) is 4.60. The molecule has 2 heterocycles. The standard InChI is InChI=1S/C12H21N3/c1-4-9(2)8-15-10(3)14-11-7-13-6-5-12(11)15/h9,13H,4-8H2,1-3H3. The number of hydrogen-bond acceptors (Lipinski definition) is 2. The number of nitrogens with zero attached hydrogens (tertiary/aromatic N) is 2. The zero-order chi connectivity index (χ0) is 10.8. The number of fused-ring (bicyclic) bond motifs is 1. The second kappa shape index (κ2) is 4.35. The quantitative estimate of drug-likeness (QED) is 0.820. The summed E-state index contributed by atoms with van der Waals surface area (Å²) in [6.45, 7) is 9.87. The van der Waals surface area contributed by atoms with Crippen molar-refractivity contribution in [1.82, 2.24) is 14.9 Å². The molecule has 1 atom stereocenters. The van der Waals surface area contributed by atoms with E-state index in [9.17, 15) is 0 Å². The number of rotatable bonds is 3. The molecule has 3 nitrogen and oxygen atoms in total. The van der Waals surface area contributed by atoms with Crippen LogP contribution < -0.4 is 5.32 Å². The van der Waals surface area contributed by atoms with Gasteiger partial charge in [-0.15, -0.1) is 0 Å². The van der Waals surface area contributed by atoms with Crippen LogP contribution >= 0.6 is 0 Å². The predicted molar refractivity (Wildman–Crippen MR) is 61.8 cm³/mol. The topological polar surface area (TPSA) is 29.9 Å². The molecule has 1 aliphatic rings. The average Bonchev–Trinajstić information content (AvgIpc) is 2.55. The van der Waals surface area contributed by atoms with E-state index in [1.807, 2.05) is 0 Å². The van der Waals surface area contributed by atoms with Gasteiger partial charge in [-0.1, -0.05) is 20.3 Å². The Labute approximate surface area is 91.9 Å². The molecule has 0 saturated heterocycles. The van der Waals surface area contributed by atoms with Gasteiger partial charge in [0.05, 0.1) is 5.69 Å². The Kier molecular flexibility index (Phi) is 3.10. The molecule has 15 heavy (non-hydrogen) atoms. The summed E-state index contributed by atoms with van der Waals surface area (Å²) in [5.41, 5.74) is 2.73. The second-order valence-electron chi connectivity index (χ2n) is 4.60. The zero-order valence-electron chi connectivity index (χ0n) is 10.0. The molecule has 0 bridgehead atoms. The third kappa shape index (κ3) is 2.07. The van der Waals surface area contributed by atoms with Gasteiger partial charge in [0.25, 0.3) is 0 Å². The van der Waals surface area contributed by atoms with E-state index in [-0.39, 0.29) is 0 Å². The third-order valence-corrected chi connectivity index (χ3v) is 3.37. The summed E-state index contributed by atoms with van der Waals surface area (Å²) in [7, 11) is 0. The van der Waals surface area contributed by atoms with E-state index >= 15 is 0 Å². The fourth-order valence-corrected chi connectivity index (χ4v) is 2.19. The maximum atomic E-state index is 4.64. The summed E-state index contributed by atoms with van der Waals surface area (Å²) in [6, 6.07) is 0. The lowest BCUT2D eigenvalue weighted by Gasteiger charge is -2.18.